The third kappa shape index (κ3) is 6.14. The van der Waals surface area contributed by atoms with E-state index in [0.29, 0.717) is 23.5 Å². The second kappa shape index (κ2) is 11.0. The first kappa shape index (κ1) is 27.0. The van der Waals surface area contributed by atoms with E-state index in [4.69, 9.17) is 21.3 Å². The number of anilines is 1. The highest BCUT2D eigenvalue weighted by Gasteiger charge is 2.27. The molecular weight excluding hydrogens is 466 g/mol. The molecule has 1 saturated heterocycles. The van der Waals surface area contributed by atoms with Crippen LogP contribution in [-0.4, -0.2) is 85.2 Å². The number of likely N-dealkylation sites (N-methyl/N-ethyl adjacent to an activating group) is 1. The maximum absolute atomic E-state index is 13.3. The zero-order valence-electron chi connectivity index (χ0n) is 22.2. The van der Waals surface area contributed by atoms with Crippen LogP contribution >= 0.6 is 11.6 Å². The molecule has 1 aromatic heterocycles. The van der Waals surface area contributed by atoms with Crippen molar-refractivity contribution < 1.29 is 9.53 Å². The van der Waals surface area contributed by atoms with Crippen LogP contribution in [0.15, 0.2) is 12.1 Å². The molecule has 190 valence electrons. The minimum atomic E-state index is -1.21. The van der Waals surface area contributed by atoms with Crippen LogP contribution in [0.4, 0.5) is 5.69 Å². The van der Waals surface area contributed by atoms with Gasteiger partial charge < -0.3 is 14.5 Å². The van der Waals surface area contributed by atoms with Crippen LogP contribution in [-0.2, 0) is 11.5 Å². The number of imidazole rings is 1. The van der Waals surface area contributed by atoms with Gasteiger partial charge in [-0.25, -0.2) is 4.98 Å². The Balaban J connectivity index is 1.97. The van der Waals surface area contributed by atoms with Crippen LogP contribution in [0.2, 0.25) is 30.7 Å². The first-order valence-corrected chi connectivity index (χ1v) is 16.5. The molecule has 1 fully saturated rings. The molecule has 2 aromatic rings. The highest BCUT2D eigenvalue weighted by Crippen LogP contribution is 2.34. The molecule has 1 amide bonds. The first-order chi connectivity index (χ1) is 15.9. The van der Waals surface area contributed by atoms with Gasteiger partial charge in [0.1, 0.15) is 6.73 Å². The summed E-state index contributed by atoms with van der Waals surface area (Å²) in [5, 5.41) is 0.684. The van der Waals surface area contributed by atoms with Gasteiger partial charge >= 0.3 is 0 Å². The number of aromatic nitrogens is 2. The number of benzene rings is 1. The average molecular weight is 508 g/mol. The molecule has 34 heavy (non-hydrogen) atoms. The van der Waals surface area contributed by atoms with Gasteiger partial charge in [-0.1, -0.05) is 38.2 Å². The first-order valence-electron chi connectivity index (χ1n) is 12.5. The third-order valence-corrected chi connectivity index (χ3v) is 8.79. The van der Waals surface area contributed by atoms with Crippen molar-refractivity contribution in [2.45, 2.75) is 72.2 Å². The van der Waals surface area contributed by atoms with E-state index in [9.17, 15) is 4.79 Å². The molecule has 1 unspecified atom stereocenters. The Kier molecular flexibility index (Phi) is 8.71. The topological polar surface area (TPSA) is 53.8 Å². The van der Waals surface area contributed by atoms with Crippen molar-refractivity contribution in [2.75, 3.05) is 44.7 Å². The van der Waals surface area contributed by atoms with E-state index in [-0.39, 0.29) is 18.7 Å². The summed E-state index contributed by atoms with van der Waals surface area (Å²) in [4.78, 5) is 24.6. The lowest BCUT2D eigenvalue weighted by atomic mass is 10.1. The lowest BCUT2D eigenvalue weighted by molar-refractivity contribution is 0.0672. The summed E-state index contributed by atoms with van der Waals surface area (Å²) < 4.78 is 7.93. The fraction of sp³-hybridized carbons (Fsp3) is 0.680. The van der Waals surface area contributed by atoms with E-state index in [2.05, 4.69) is 43.3 Å². The number of hydrogen-bond donors (Lipinski definition) is 0. The van der Waals surface area contributed by atoms with Crippen molar-refractivity contribution in [3.05, 3.63) is 23.0 Å². The Bertz CT molecular complexity index is 1000. The standard InChI is InChI=1S/C25H42ClN5O2Si/c1-9-29-10-11-30(19(4)16-29)22-15-21-23(14-20(22)26)31(17-33-12-13-34(6,7)8)24(27-21)25(32)28(5)18(2)3/h14-15,18-19H,9-13,16-17H2,1-8H3. The van der Waals surface area contributed by atoms with Crippen LogP contribution in [0, 0.1) is 0 Å². The number of fused-ring (bicyclic) bond motifs is 1. The van der Waals surface area contributed by atoms with E-state index in [1.807, 2.05) is 37.6 Å². The zero-order chi connectivity index (χ0) is 25.2. The number of carbonyl (C=O) groups excluding carboxylic acids is 1. The van der Waals surface area contributed by atoms with Crippen molar-refractivity contribution in [3.63, 3.8) is 0 Å². The number of nitrogens with zero attached hydrogens (tertiary/aromatic N) is 5. The van der Waals surface area contributed by atoms with E-state index in [1.54, 1.807) is 4.90 Å². The molecule has 9 heteroatoms. The maximum Gasteiger partial charge on any atom is 0.289 e. The van der Waals surface area contributed by atoms with E-state index < -0.39 is 8.07 Å². The summed E-state index contributed by atoms with van der Waals surface area (Å²) in [6, 6.07) is 5.49. The lowest BCUT2D eigenvalue weighted by Gasteiger charge is -2.41. The second-order valence-electron chi connectivity index (χ2n) is 10.9. The normalized spacial score (nSPS) is 17.7. The highest BCUT2D eigenvalue weighted by molar-refractivity contribution is 6.76. The molecule has 1 aliphatic rings. The number of halogens is 1. The van der Waals surface area contributed by atoms with Crippen LogP contribution in [0.5, 0.6) is 0 Å². The van der Waals surface area contributed by atoms with Crippen LogP contribution in [0.1, 0.15) is 38.3 Å². The van der Waals surface area contributed by atoms with E-state index >= 15 is 0 Å². The molecule has 1 aromatic carbocycles. The molecule has 3 rings (SSSR count). The third-order valence-electron chi connectivity index (χ3n) is 6.79. The van der Waals surface area contributed by atoms with Crippen LogP contribution < -0.4 is 4.90 Å². The maximum atomic E-state index is 13.3. The van der Waals surface area contributed by atoms with Crippen molar-refractivity contribution >= 4 is 42.3 Å². The summed E-state index contributed by atoms with van der Waals surface area (Å²) >= 11 is 6.84. The molecule has 1 aliphatic heterocycles. The molecule has 7 nitrogen and oxygen atoms in total. The van der Waals surface area contributed by atoms with Crippen molar-refractivity contribution in [2.24, 2.45) is 0 Å². The van der Waals surface area contributed by atoms with Gasteiger partial charge in [-0.05, 0) is 45.5 Å². The Hall–Kier alpha value is -1.61. The molecule has 0 N–H and O–H groups in total. The Morgan fingerprint density at radius 2 is 2.00 bits per heavy atom. The monoisotopic (exact) mass is 507 g/mol. The number of rotatable bonds is 9. The van der Waals surface area contributed by atoms with Gasteiger partial charge in [0.15, 0.2) is 0 Å². The Morgan fingerprint density at radius 3 is 2.59 bits per heavy atom. The summed E-state index contributed by atoms with van der Waals surface area (Å²) in [5.41, 5.74) is 2.60. The molecule has 0 bridgehead atoms. The van der Waals surface area contributed by atoms with Gasteiger partial charge in [-0.15, -0.1) is 0 Å². The van der Waals surface area contributed by atoms with Crippen LogP contribution in [0.25, 0.3) is 11.0 Å². The second-order valence-corrected chi connectivity index (χ2v) is 17.0. The van der Waals surface area contributed by atoms with E-state index in [0.717, 1.165) is 48.9 Å². The smallest absolute Gasteiger partial charge is 0.289 e. The average Bonchev–Trinajstić information content (AvgIpc) is 3.11. The number of ether oxygens (including phenoxy) is 1. The molecule has 2 heterocycles. The number of carbonyl (C=O) groups is 1. The van der Waals surface area contributed by atoms with Gasteiger partial charge in [-0.3, -0.25) is 14.3 Å². The van der Waals surface area contributed by atoms with Gasteiger partial charge in [0, 0.05) is 53.4 Å². The minimum absolute atomic E-state index is 0.0726. The predicted octanol–water partition coefficient (Wildman–Crippen LogP) is 5.01. The summed E-state index contributed by atoms with van der Waals surface area (Å²) in [5.74, 6) is 0.291. The molecular formula is C25H42ClN5O2Si. The zero-order valence-corrected chi connectivity index (χ0v) is 23.9. The van der Waals surface area contributed by atoms with Gasteiger partial charge in [0.2, 0.25) is 5.82 Å². The number of hydrogen-bond acceptors (Lipinski definition) is 5. The largest absolute Gasteiger partial charge is 0.365 e. The fourth-order valence-electron chi connectivity index (χ4n) is 4.25. The molecule has 0 radical (unpaired) electrons. The van der Waals surface area contributed by atoms with Gasteiger partial charge in [0.25, 0.3) is 5.91 Å². The number of piperazine rings is 1. The van der Waals surface area contributed by atoms with Crippen molar-refractivity contribution in [1.29, 1.82) is 0 Å². The minimum Gasteiger partial charge on any atom is -0.365 e. The van der Waals surface area contributed by atoms with Crippen molar-refractivity contribution in [1.82, 2.24) is 19.4 Å². The fourth-order valence-corrected chi connectivity index (χ4v) is 5.28. The summed E-state index contributed by atoms with van der Waals surface area (Å²) in [7, 11) is 0.609. The summed E-state index contributed by atoms with van der Waals surface area (Å²) in [6.07, 6.45) is 0. The summed E-state index contributed by atoms with van der Waals surface area (Å²) in [6.45, 7) is 20.4. The van der Waals surface area contributed by atoms with Crippen molar-refractivity contribution in [3.8, 4) is 0 Å². The molecule has 0 spiro atoms. The highest BCUT2D eigenvalue weighted by atomic mass is 35.5. The van der Waals surface area contributed by atoms with Crippen LogP contribution in [0.3, 0.4) is 0 Å². The van der Waals surface area contributed by atoms with Gasteiger partial charge in [-0.2, -0.15) is 0 Å². The molecule has 0 saturated carbocycles. The Labute approximate surface area is 211 Å². The Morgan fingerprint density at radius 1 is 1.29 bits per heavy atom. The molecule has 1 atom stereocenters. The van der Waals surface area contributed by atoms with E-state index in [1.165, 1.54) is 0 Å². The van der Waals surface area contributed by atoms with Gasteiger partial charge in [0.05, 0.1) is 21.7 Å². The predicted molar refractivity (Wildman–Crippen MR) is 145 cm³/mol. The lowest BCUT2D eigenvalue weighted by Crippen LogP contribution is -2.51. The number of amides is 1. The quantitative estimate of drug-likeness (QED) is 0.352. The SMILES string of the molecule is CCN1CCN(c2cc3nc(C(=O)N(C)C(C)C)n(COCC[Si](C)(C)C)c3cc2Cl)C(C)C1. The molecule has 0 aliphatic carbocycles.